The van der Waals surface area contributed by atoms with Crippen molar-refractivity contribution in [1.82, 2.24) is 15.2 Å². The molecule has 134 valence electrons. The van der Waals surface area contributed by atoms with Crippen molar-refractivity contribution < 1.29 is 4.79 Å². The topological polar surface area (TPSA) is 57.3 Å². The Bertz CT molecular complexity index is 543. The van der Waals surface area contributed by atoms with E-state index in [-0.39, 0.29) is 5.91 Å². The van der Waals surface area contributed by atoms with Crippen LogP contribution in [0.4, 0.5) is 5.13 Å². The zero-order chi connectivity index (χ0) is 16.9. The molecule has 1 aromatic heterocycles. The third-order valence-corrected chi connectivity index (χ3v) is 5.95. The summed E-state index contributed by atoms with van der Waals surface area (Å²) in [4.78, 5) is 19.4. The van der Waals surface area contributed by atoms with Gasteiger partial charge >= 0.3 is 0 Å². The van der Waals surface area contributed by atoms with E-state index in [1.54, 1.807) is 0 Å². The Hall–Kier alpha value is -1.14. The van der Waals surface area contributed by atoms with Crippen LogP contribution < -0.4 is 10.6 Å². The molecule has 0 aromatic carbocycles. The highest BCUT2D eigenvalue weighted by Crippen LogP contribution is 2.30. The number of nitrogens with one attached hydrogen (secondary N) is 2. The van der Waals surface area contributed by atoms with E-state index in [0.717, 1.165) is 18.2 Å². The predicted octanol–water partition coefficient (Wildman–Crippen LogP) is 3.21. The molecule has 2 saturated heterocycles. The fourth-order valence-electron chi connectivity index (χ4n) is 3.88. The highest BCUT2D eigenvalue weighted by molar-refractivity contribution is 7.13. The van der Waals surface area contributed by atoms with Gasteiger partial charge in [-0.3, -0.25) is 4.79 Å². The number of piperidine rings is 2. The van der Waals surface area contributed by atoms with Gasteiger partial charge in [0, 0.05) is 24.5 Å². The van der Waals surface area contributed by atoms with Crippen molar-refractivity contribution in [2.45, 2.75) is 52.0 Å². The third-order valence-electron chi connectivity index (χ3n) is 5.15. The maximum atomic E-state index is 12.4. The van der Waals surface area contributed by atoms with Gasteiger partial charge in [0.15, 0.2) is 5.13 Å². The average molecular weight is 351 g/mol. The highest BCUT2D eigenvalue weighted by Gasteiger charge is 2.33. The summed E-state index contributed by atoms with van der Waals surface area (Å²) in [6.07, 6.45) is 6.46. The van der Waals surface area contributed by atoms with Gasteiger partial charge in [0.1, 0.15) is 5.69 Å². The minimum Gasteiger partial charge on any atom is -0.361 e. The number of carbonyl (C=O) groups excluding carboxylic acids is 1. The maximum absolute atomic E-state index is 12.4. The van der Waals surface area contributed by atoms with Crippen molar-refractivity contribution in [2.24, 2.45) is 11.8 Å². The van der Waals surface area contributed by atoms with Crippen LogP contribution in [0, 0.1) is 11.8 Å². The molecule has 5 nitrogen and oxygen atoms in total. The molecule has 0 aliphatic carbocycles. The lowest BCUT2D eigenvalue weighted by Gasteiger charge is -2.44. The van der Waals surface area contributed by atoms with E-state index in [1.165, 1.54) is 56.5 Å². The molecule has 2 aliphatic rings. The number of fused-ring (bicyclic) bond motifs is 1. The molecule has 2 N–H and O–H groups in total. The van der Waals surface area contributed by atoms with Gasteiger partial charge < -0.3 is 15.5 Å². The minimum absolute atomic E-state index is 0.0308. The summed E-state index contributed by atoms with van der Waals surface area (Å²) in [6, 6.07) is 0.673. The Labute approximate surface area is 149 Å². The normalized spacial score (nSPS) is 24.6. The number of aromatic nitrogens is 1. The fourth-order valence-corrected chi connectivity index (χ4v) is 4.58. The van der Waals surface area contributed by atoms with Crippen LogP contribution in [0.15, 0.2) is 5.38 Å². The molecule has 3 heterocycles. The summed E-state index contributed by atoms with van der Waals surface area (Å²) in [5, 5.41) is 9.10. The average Bonchev–Trinajstić information content (AvgIpc) is 3.07. The van der Waals surface area contributed by atoms with Crippen LogP contribution in [0.25, 0.3) is 0 Å². The van der Waals surface area contributed by atoms with E-state index in [1.807, 2.05) is 5.38 Å². The smallest absolute Gasteiger partial charge is 0.270 e. The summed E-state index contributed by atoms with van der Waals surface area (Å²) < 4.78 is 0. The molecule has 1 amide bonds. The van der Waals surface area contributed by atoms with Gasteiger partial charge in [-0.15, -0.1) is 11.3 Å². The summed E-state index contributed by atoms with van der Waals surface area (Å²) >= 11 is 1.51. The molecule has 6 heteroatoms. The van der Waals surface area contributed by atoms with Gasteiger partial charge in [0.05, 0.1) is 0 Å². The molecule has 0 saturated carbocycles. The highest BCUT2D eigenvalue weighted by atomic mass is 32.1. The molecule has 1 aromatic rings. The lowest BCUT2D eigenvalue weighted by Crippen LogP contribution is -2.51. The van der Waals surface area contributed by atoms with Gasteiger partial charge in [-0.05, 0) is 50.6 Å². The van der Waals surface area contributed by atoms with Crippen LogP contribution in [0.1, 0.15) is 56.4 Å². The second-order valence-corrected chi connectivity index (χ2v) is 8.38. The third kappa shape index (κ3) is 4.48. The minimum atomic E-state index is -0.0308. The quantitative estimate of drug-likeness (QED) is 0.827. The van der Waals surface area contributed by atoms with Gasteiger partial charge in [0.25, 0.3) is 5.91 Å². The van der Waals surface area contributed by atoms with Crippen LogP contribution in [-0.2, 0) is 0 Å². The van der Waals surface area contributed by atoms with E-state index in [9.17, 15) is 4.79 Å². The summed E-state index contributed by atoms with van der Waals surface area (Å²) in [6.45, 7) is 8.47. The number of nitrogens with zero attached hydrogens (tertiary/aromatic N) is 2. The van der Waals surface area contributed by atoms with Crippen LogP contribution in [0.5, 0.6) is 0 Å². The van der Waals surface area contributed by atoms with Crippen molar-refractivity contribution in [3.05, 3.63) is 11.1 Å². The first-order valence-corrected chi connectivity index (χ1v) is 10.2. The van der Waals surface area contributed by atoms with Crippen LogP contribution in [-0.4, -0.2) is 48.0 Å². The number of hydrogen-bond donors (Lipinski definition) is 2. The Kier molecular flexibility index (Phi) is 6.11. The number of thiazole rings is 1. The van der Waals surface area contributed by atoms with Crippen molar-refractivity contribution >= 4 is 22.4 Å². The van der Waals surface area contributed by atoms with Crippen molar-refractivity contribution in [3.63, 3.8) is 0 Å². The number of anilines is 1. The van der Waals surface area contributed by atoms with Crippen LogP contribution in [0.3, 0.4) is 0 Å². The SMILES string of the molecule is CC(C)CNc1nc(C(=O)NCC2CCCN3CCCCC23)cs1. The Balaban J connectivity index is 1.49. The predicted molar refractivity (Wildman–Crippen MR) is 99.7 cm³/mol. The first-order chi connectivity index (χ1) is 11.6. The molecule has 2 atom stereocenters. The fraction of sp³-hybridized carbons (Fsp3) is 0.778. The number of hydrogen-bond acceptors (Lipinski definition) is 5. The van der Waals surface area contributed by atoms with Crippen LogP contribution in [0.2, 0.25) is 0 Å². The van der Waals surface area contributed by atoms with Gasteiger partial charge in [-0.2, -0.15) is 0 Å². The summed E-state index contributed by atoms with van der Waals surface area (Å²) in [5.41, 5.74) is 0.544. The Morgan fingerprint density at radius 1 is 1.33 bits per heavy atom. The first-order valence-electron chi connectivity index (χ1n) is 9.35. The summed E-state index contributed by atoms with van der Waals surface area (Å²) in [7, 11) is 0. The lowest BCUT2D eigenvalue weighted by molar-refractivity contribution is 0.0575. The number of rotatable bonds is 6. The zero-order valence-electron chi connectivity index (χ0n) is 14.9. The Morgan fingerprint density at radius 3 is 3.00 bits per heavy atom. The maximum Gasteiger partial charge on any atom is 0.270 e. The van der Waals surface area contributed by atoms with Gasteiger partial charge in [0.2, 0.25) is 0 Å². The van der Waals surface area contributed by atoms with E-state index in [2.05, 4.69) is 34.4 Å². The largest absolute Gasteiger partial charge is 0.361 e. The Morgan fingerprint density at radius 2 is 2.17 bits per heavy atom. The molecule has 2 fully saturated rings. The first kappa shape index (κ1) is 17.7. The monoisotopic (exact) mass is 350 g/mol. The van der Waals surface area contributed by atoms with Gasteiger partial charge in [-0.25, -0.2) is 4.98 Å². The molecule has 0 spiro atoms. The molecule has 0 bridgehead atoms. The molecular weight excluding hydrogens is 320 g/mol. The molecule has 3 rings (SSSR count). The van der Waals surface area contributed by atoms with E-state index in [0.29, 0.717) is 23.6 Å². The van der Waals surface area contributed by atoms with E-state index in [4.69, 9.17) is 0 Å². The van der Waals surface area contributed by atoms with E-state index >= 15 is 0 Å². The molecule has 2 unspecified atom stereocenters. The standard InChI is InChI=1S/C18H30N4OS/c1-13(2)10-20-18-21-15(12-24-18)17(23)19-11-14-6-5-9-22-8-4-3-7-16(14)22/h12-14,16H,3-11H2,1-2H3,(H,19,23)(H,20,21). The number of amides is 1. The van der Waals surface area contributed by atoms with Crippen LogP contribution >= 0.6 is 11.3 Å². The van der Waals surface area contributed by atoms with Crippen molar-refractivity contribution in [2.75, 3.05) is 31.5 Å². The van der Waals surface area contributed by atoms with E-state index < -0.39 is 0 Å². The molecular formula is C18H30N4OS. The molecule has 0 radical (unpaired) electrons. The second-order valence-electron chi connectivity index (χ2n) is 7.52. The molecule has 24 heavy (non-hydrogen) atoms. The second kappa shape index (κ2) is 8.30. The lowest BCUT2D eigenvalue weighted by atomic mass is 9.83. The number of carbonyl (C=O) groups is 1. The van der Waals surface area contributed by atoms with Crippen molar-refractivity contribution in [3.8, 4) is 0 Å². The van der Waals surface area contributed by atoms with Crippen molar-refractivity contribution in [1.29, 1.82) is 0 Å². The molecule has 2 aliphatic heterocycles. The zero-order valence-corrected chi connectivity index (χ0v) is 15.7. The van der Waals surface area contributed by atoms with Gasteiger partial charge in [-0.1, -0.05) is 20.3 Å². The summed E-state index contributed by atoms with van der Waals surface area (Å²) in [5.74, 6) is 1.13.